The second-order valence-electron chi connectivity index (χ2n) is 7.47. The molecule has 3 heterocycles. The van der Waals surface area contributed by atoms with Crippen LogP contribution in [-0.2, 0) is 9.47 Å². The molecule has 1 aromatic rings. The molecule has 0 aromatic carbocycles. The van der Waals surface area contributed by atoms with Crippen molar-refractivity contribution in [2.45, 2.75) is 31.8 Å². The molecular weight excluding hydrogens is 322 g/mol. The Hall–Kier alpha value is -1.44. The van der Waals surface area contributed by atoms with Crippen LogP contribution >= 0.6 is 0 Å². The number of amides is 1. The standard InChI is InChI=1S/C18H29N3O4/c1-14-9-16(19-25-14)17(22)21-6-4-5-18(13-21)10-15(12-24-18)11-20(2)7-8-23-3/h9,15H,4-8,10-13H2,1-3H3. The highest BCUT2D eigenvalue weighted by molar-refractivity contribution is 5.92. The van der Waals surface area contributed by atoms with Crippen molar-refractivity contribution >= 4 is 5.91 Å². The monoisotopic (exact) mass is 351 g/mol. The van der Waals surface area contributed by atoms with Crippen LogP contribution in [-0.4, -0.2) is 80.0 Å². The van der Waals surface area contributed by atoms with Crippen LogP contribution in [0, 0.1) is 12.8 Å². The minimum absolute atomic E-state index is 0.0554. The van der Waals surface area contributed by atoms with Crippen molar-refractivity contribution in [3.05, 3.63) is 17.5 Å². The summed E-state index contributed by atoms with van der Waals surface area (Å²) in [5.74, 6) is 1.11. The first-order valence-electron chi connectivity index (χ1n) is 9.05. The number of methoxy groups -OCH3 is 1. The highest BCUT2D eigenvalue weighted by Gasteiger charge is 2.44. The number of hydrogen-bond donors (Lipinski definition) is 0. The molecule has 2 atom stereocenters. The first kappa shape index (κ1) is 18.4. The number of ether oxygens (including phenoxy) is 2. The Morgan fingerprint density at radius 2 is 2.40 bits per heavy atom. The van der Waals surface area contributed by atoms with Crippen molar-refractivity contribution in [2.24, 2.45) is 5.92 Å². The van der Waals surface area contributed by atoms with E-state index < -0.39 is 0 Å². The van der Waals surface area contributed by atoms with E-state index in [0.717, 1.165) is 52.1 Å². The zero-order valence-corrected chi connectivity index (χ0v) is 15.5. The summed E-state index contributed by atoms with van der Waals surface area (Å²) in [5, 5.41) is 3.86. The molecular formula is C18H29N3O4. The van der Waals surface area contributed by atoms with Gasteiger partial charge in [-0.15, -0.1) is 0 Å². The van der Waals surface area contributed by atoms with Crippen molar-refractivity contribution in [1.82, 2.24) is 15.0 Å². The Morgan fingerprint density at radius 3 is 3.12 bits per heavy atom. The van der Waals surface area contributed by atoms with Crippen LogP contribution in [0.3, 0.4) is 0 Å². The normalized spacial score (nSPS) is 26.7. The van der Waals surface area contributed by atoms with Crippen LogP contribution in [0.2, 0.25) is 0 Å². The molecule has 0 N–H and O–H groups in total. The van der Waals surface area contributed by atoms with Crippen LogP contribution in [0.1, 0.15) is 35.5 Å². The molecule has 0 radical (unpaired) electrons. The van der Waals surface area contributed by atoms with Gasteiger partial charge in [0, 0.05) is 32.8 Å². The van der Waals surface area contributed by atoms with Gasteiger partial charge in [0.2, 0.25) is 0 Å². The predicted octanol–water partition coefficient (Wildman–Crippen LogP) is 1.57. The van der Waals surface area contributed by atoms with Gasteiger partial charge in [-0.2, -0.15) is 0 Å². The summed E-state index contributed by atoms with van der Waals surface area (Å²) in [4.78, 5) is 16.8. The number of aromatic nitrogens is 1. The largest absolute Gasteiger partial charge is 0.383 e. The lowest BCUT2D eigenvalue weighted by Gasteiger charge is -2.39. The molecule has 2 saturated heterocycles. The number of carbonyl (C=O) groups excluding carboxylic acids is 1. The summed E-state index contributed by atoms with van der Waals surface area (Å²) >= 11 is 0. The molecule has 0 aliphatic carbocycles. The van der Waals surface area contributed by atoms with Gasteiger partial charge in [-0.05, 0) is 39.2 Å². The molecule has 1 spiro atoms. The molecule has 7 nitrogen and oxygen atoms in total. The second-order valence-corrected chi connectivity index (χ2v) is 7.47. The van der Waals surface area contributed by atoms with Gasteiger partial charge in [0.1, 0.15) is 5.76 Å². The van der Waals surface area contributed by atoms with Gasteiger partial charge in [0.05, 0.1) is 25.4 Å². The summed E-state index contributed by atoms with van der Waals surface area (Å²) in [7, 11) is 3.85. The third-order valence-corrected chi connectivity index (χ3v) is 5.21. The van der Waals surface area contributed by atoms with E-state index in [1.807, 2.05) is 4.90 Å². The maximum absolute atomic E-state index is 12.7. The molecule has 140 valence electrons. The summed E-state index contributed by atoms with van der Waals surface area (Å²) in [6, 6.07) is 1.70. The Labute approximate surface area is 149 Å². The summed E-state index contributed by atoms with van der Waals surface area (Å²) < 4.78 is 16.4. The van der Waals surface area contributed by atoms with E-state index in [-0.39, 0.29) is 11.5 Å². The van der Waals surface area contributed by atoms with E-state index in [2.05, 4.69) is 17.1 Å². The minimum Gasteiger partial charge on any atom is -0.383 e. The molecule has 2 aliphatic rings. The number of nitrogens with zero attached hydrogens (tertiary/aromatic N) is 3. The second kappa shape index (κ2) is 7.85. The van der Waals surface area contributed by atoms with Gasteiger partial charge < -0.3 is 23.8 Å². The number of aryl methyl sites for hydroxylation is 1. The van der Waals surface area contributed by atoms with Crippen molar-refractivity contribution in [3.63, 3.8) is 0 Å². The van der Waals surface area contributed by atoms with Gasteiger partial charge in [0.15, 0.2) is 5.69 Å². The Kier molecular flexibility index (Phi) is 5.76. The first-order chi connectivity index (χ1) is 12.0. The smallest absolute Gasteiger partial charge is 0.276 e. The average Bonchev–Trinajstić information content (AvgIpc) is 3.19. The van der Waals surface area contributed by atoms with Gasteiger partial charge in [-0.25, -0.2) is 0 Å². The van der Waals surface area contributed by atoms with Crippen molar-refractivity contribution in [3.8, 4) is 0 Å². The zero-order chi connectivity index (χ0) is 17.9. The van der Waals surface area contributed by atoms with Crippen LogP contribution in [0.5, 0.6) is 0 Å². The van der Waals surface area contributed by atoms with Gasteiger partial charge in [-0.1, -0.05) is 5.16 Å². The van der Waals surface area contributed by atoms with Crippen LogP contribution < -0.4 is 0 Å². The Morgan fingerprint density at radius 1 is 1.56 bits per heavy atom. The summed E-state index contributed by atoms with van der Waals surface area (Å²) in [5.41, 5.74) is 0.197. The number of likely N-dealkylation sites (N-methyl/N-ethyl adjacent to an activating group) is 1. The summed E-state index contributed by atoms with van der Waals surface area (Å²) in [6.07, 6.45) is 2.99. The fourth-order valence-corrected chi connectivity index (χ4v) is 4.02. The van der Waals surface area contributed by atoms with E-state index in [9.17, 15) is 4.79 Å². The molecule has 2 aliphatic heterocycles. The third kappa shape index (κ3) is 4.40. The maximum Gasteiger partial charge on any atom is 0.276 e. The first-order valence-corrected chi connectivity index (χ1v) is 9.05. The van der Waals surface area contributed by atoms with Crippen molar-refractivity contribution in [2.75, 3.05) is 53.6 Å². The van der Waals surface area contributed by atoms with Crippen LogP contribution in [0.15, 0.2) is 10.6 Å². The van der Waals surface area contributed by atoms with E-state index in [4.69, 9.17) is 14.0 Å². The third-order valence-electron chi connectivity index (χ3n) is 5.21. The van der Waals surface area contributed by atoms with Gasteiger partial charge in [-0.3, -0.25) is 4.79 Å². The van der Waals surface area contributed by atoms with Crippen molar-refractivity contribution in [1.29, 1.82) is 0 Å². The molecule has 2 unspecified atom stereocenters. The molecule has 25 heavy (non-hydrogen) atoms. The molecule has 1 amide bonds. The van der Waals surface area contributed by atoms with E-state index in [1.54, 1.807) is 20.1 Å². The van der Waals surface area contributed by atoms with Gasteiger partial charge in [0.25, 0.3) is 5.91 Å². The number of hydrogen-bond acceptors (Lipinski definition) is 6. The Bertz CT molecular complexity index is 591. The highest BCUT2D eigenvalue weighted by Crippen LogP contribution is 2.38. The van der Waals surface area contributed by atoms with Crippen molar-refractivity contribution < 1.29 is 18.8 Å². The lowest BCUT2D eigenvalue weighted by Crippen LogP contribution is -2.50. The number of likely N-dealkylation sites (tertiary alicyclic amines) is 1. The Balaban J connectivity index is 1.56. The molecule has 2 fully saturated rings. The average molecular weight is 351 g/mol. The predicted molar refractivity (Wildman–Crippen MR) is 92.5 cm³/mol. The van der Waals surface area contributed by atoms with Crippen LogP contribution in [0.25, 0.3) is 0 Å². The quantitative estimate of drug-likeness (QED) is 0.775. The molecule has 3 rings (SSSR count). The molecule has 7 heteroatoms. The fraction of sp³-hybridized carbons (Fsp3) is 0.778. The topological polar surface area (TPSA) is 68.0 Å². The molecule has 0 bridgehead atoms. The minimum atomic E-state index is -0.195. The van der Waals surface area contributed by atoms with E-state index in [0.29, 0.717) is 23.9 Å². The summed E-state index contributed by atoms with van der Waals surface area (Å²) in [6.45, 7) is 6.64. The number of piperidine rings is 1. The number of rotatable bonds is 6. The van der Waals surface area contributed by atoms with E-state index >= 15 is 0 Å². The molecule has 0 saturated carbocycles. The SMILES string of the molecule is COCCN(C)CC1COC2(CCCN(C(=O)c3cc(C)on3)C2)C1. The van der Waals surface area contributed by atoms with Gasteiger partial charge >= 0.3 is 0 Å². The van der Waals surface area contributed by atoms with E-state index in [1.165, 1.54) is 0 Å². The number of carbonyl (C=O) groups is 1. The van der Waals surface area contributed by atoms with Crippen LogP contribution in [0.4, 0.5) is 0 Å². The maximum atomic E-state index is 12.7. The lowest BCUT2D eigenvalue weighted by atomic mass is 9.86. The zero-order valence-electron chi connectivity index (χ0n) is 15.5. The highest BCUT2D eigenvalue weighted by atomic mass is 16.5. The fourth-order valence-electron chi connectivity index (χ4n) is 4.02. The molecule has 1 aromatic heterocycles. The lowest BCUT2D eigenvalue weighted by molar-refractivity contribution is -0.0452.